The zero-order valence-corrected chi connectivity index (χ0v) is 31.9. The Morgan fingerprint density at radius 3 is 1.96 bits per heavy atom. The summed E-state index contributed by atoms with van der Waals surface area (Å²) in [6, 6.07) is 58.3. The Morgan fingerprint density at radius 1 is 0.596 bits per heavy atom. The number of aromatic nitrogens is 4. The van der Waals surface area contributed by atoms with Gasteiger partial charge in [0.25, 0.3) is 6.33 Å². The molecule has 0 N–H and O–H groups in total. The second-order valence-corrected chi connectivity index (χ2v) is 15.3. The Bertz CT molecular complexity index is 3200. The zero-order chi connectivity index (χ0) is 41.1. The molecule has 0 atom stereocenters. The molecule has 0 aliphatic heterocycles. The second kappa shape index (κ2) is 13.8. The number of imidazole rings is 1. The van der Waals surface area contributed by atoms with Gasteiger partial charge in [0.2, 0.25) is 0 Å². The van der Waals surface area contributed by atoms with Gasteiger partial charge in [0.15, 0.2) is 11.0 Å². The van der Waals surface area contributed by atoms with Crippen LogP contribution >= 0.6 is 0 Å². The van der Waals surface area contributed by atoms with Crippen LogP contribution in [-0.2, 0) is 5.41 Å². The van der Waals surface area contributed by atoms with Gasteiger partial charge in [-0.3, -0.25) is 4.57 Å². The topological polar surface area (TPSA) is 35.9 Å². The molecule has 5 heteroatoms. The lowest BCUT2D eigenvalue weighted by Crippen LogP contribution is -2.30. The Labute approximate surface area is 336 Å². The second-order valence-electron chi connectivity index (χ2n) is 15.3. The molecule has 10 aromatic rings. The third kappa shape index (κ3) is 6.14. The Balaban J connectivity index is 1.10. The van der Waals surface area contributed by atoms with E-state index in [1.807, 2.05) is 73.9 Å². The quantitative estimate of drug-likeness (QED) is 0.153. The number of nitrogens with zero attached hydrogens (tertiary/aromatic N) is 4. The minimum Gasteiger partial charge on any atom is -0.457 e. The summed E-state index contributed by atoms with van der Waals surface area (Å²) >= 11 is 0. The van der Waals surface area contributed by atoms with Gasteiger partial charge in [-0.1, -0.05) is 136 Å². The highest BCUT2D eigenvalue weighted by molar-refractivity contribution is 6.09. The first-order valence-electron chi connectivity index (χ1n) is 20.7. The number of fused-ring (bicyclic) bond motifs is 4. The van der Waals surface area contributed by atoms with Crippen LogP contribution in [-0.4, -0.2) is 14.1 Å². The fraction of sp³-hybridized carbons (Fsp3) is 0.0769. The first-order valence-corrected chi connectivity index (χ1v) is 19.2. The molecular weight excluding hydrogens is 697 g/mol. The van der Waals surface area contributed by atoms with Crippen molar-refractivity contribution in [1.29, 1.82) is 0 Å². The summed E-state index contributed by atoms with van der Waals surface area (Å²) in [4.78, 5) is 4.55. The van der Waals surface area contributed by atoms with Crippen LogP contribution in [0.2, 0.25) is 0 Å². The standard InChI is InChI=1S/C52H41N4O/c1-52(2,3)38-30-31-53-50(32-38)56-46-25-11-10-22-44(46)45-29-28-41(34-49(45)56)57-40-21-14-20-39(33-40)54-35-55(48-27-13-12-26-47(48)54)51-42(36-16-6-4-7-17-36)23-15-24-43(51)37-18-8-5-9-19-37/h4-35H,1-3H3/q+1/i30D,31D,32D. The summed E-state index contributed by atoms with van der Waals surface area (Å²) in [6.07, 6.45) is 2.02. The molecule has 57 heavy (non-hydrogen) atoms. The monoisotopic (exact) mass is 740 g/mol. The highest BCUT2D eigenvalue weighted by Crippen LogP contribution is 2.37. The van der Waals surface area contributed by atoms with E-state index in [4.69, 9.17) is 7.48 Å². The van der Waals surface area contributed by atoms with E-state index in [1.165, 1.54) is 0 Å². The van der Waals surface area contributed by atoms with Crippen LogP contribution in [0.1, 0.15) is 30.4 Å². The fourth-order valence-corrected chi connectivity index (χ4v) is 7.86. The SMILES string of the molecule is [2H]c1nc(-n2c3ccccc3c3ccc(Oc4cccc(-n5c[n+](-c6c(-c7ccccc7)cccc6-c6ccccc6)c6ccccc65)c4)cc32)c([2H])c(C(C)(C)C)c1[2H]. The molecule has 0 saturated heterocycles. The van der Waals surface area contributed by atoms with Crippen LogP contribution in [0.5, 0.6) is 11.5 Å². The van der Waals surface area contributed by atoms with Gasteiger partial charge in [-0.2, -0.15) is 9.13 Å². The molecule has 0 aliphatic carbocycles. The van der Waals surface area contributed by atoms with Gasteiger partial charge in [0.1, 0.15) is 28.7 Å². The molecule has 0 bridgehead atoms. The highest BCUT2D eigenvalue weighted by Gasteiger charge is 2.25. The predicted octanol–water partition coefficient (Wildman–Crippen LogP) is 12.8. The number of hydrogen-bond acceptors (Lipinski definition) is 2. The molecule has 0 saturated carbocycles. The predicted molar refractivity (Wildman–Crippen MR) is 233 cm³/mol. The molecule has 0 fully saturated rings. The fourth-order valence-electron chi connectivity index (χ4n) is 7.86. The molecule has 0 aliphatic rings. The van der Waals surface area contributed by atoms with Crippen molar-refractivity contribution in [2.45, 2.75) is 26.2 Å². The number of pyridine rings is 1. The highest BCUT2D eigenvalue weighted by atomic mass is 16.5. The van der Waals surface area contributed by atoms with Gasteiger partial charge >= 0.3 is 0 Å². The van der Waals surface area contributed by atoms with Gasteiger partial charge in [-0.15, -0.1) is 0 Å². The van der Waals surface area contributed by atoms with Crippen LogP contribution in [0.25, 0.3) is 72.3 Å². The Morgan fingerprint density at radius 2 is 1.23 bits per heavy atom. The third-order valence-electron chi connectivity index (χ3n) is 10.6. The lowest BCUT2D eigenvalue weighted by atomic mass is 9.88. The smallest absolute Gasteiger partial charge is 0.255 e. The van der Waals surface area contributed by atoms with Crippen LogP contribution in [0.15, 0.2) is 194 Å². The van der Waals surface area contributed by atoms with E-state index in [0.29, 0.717) is 22.9 Å². The number of benzene rings is 7. The lowest BCUT2D eigenvalue weighted by molar-refractivity contribution is -0.566. The van der Waals surface area contributed by atoms with E-state index in [0.717, 1.165) is 66.5 Å². The maximum absolute atomic E-state index is 9.31. The zero-order valence-electron chi connectivity index (χ0n) is 34.9. The van der Waals surface area contributed by atoms with Gasteiger partial charge in [0, 0.05) is 40.2 Å². The van der Waals surface area contributed by atoms with Crippen LogP contribution in [0, 0.1) is 0 Å². The minimum absolute atomic E-state index is 0.0149. The minimum atomic E-state index is -0.528. The maximum Gasteiger partial charge on any atom is 0.255 e. The van der Waals surface area contributed by atoms with Crippen molar-refractivity contribution >= 4 is 32.8 Å². The van der Waals surface area contributed by atoms with Crippen molar-refractivity contribution in [3.05, 3.63) is 200 Å². The van der Waals surface area contributed by atoms with Crippen LogP contribution in [0.3, 0.4) is 0 Å². The molecule has 3 heterocycles. The molecule has 0 spiro atoms. The largest absolute Gasteiger partial charge is 0.457 e. The summed E-state index contributed by atoms with van der Waals surface area (Å²) in [5.41, 5.74) is 10.3. The van der Waals surface area contributed by atoms with Crippen molar-refractivity contribution < 1.29 is 13.4 Å². The molecule has 0 amide bonds. The van der Waals surface area contributed by atoms with Gasteiger partial charge < -0.3 is 4.74 Å². The average molecular weight is 741 g/mol. The average Bonchev–Trinajstić information content (AvgIpc) is 3.81. The Kier molecular flexibility index (Phi) is 7.51. The summed E-state index contributed by atoms with van der Waals surface area (Å²) in [6.45, 7) is 5.90. The van der Waals surface area contributed by atoms with Gasteiger partial charge in [-0.25, -0.2) is 4.98 Å². The molecule has 10 rings (SSSR count). The summed E-state index contributed by atoms with van der Waals surface area (Å²) in [7, 11) is 0. The van der Waals surface area contributed by atoms with E-state index in [9.17, 15) is 1.37 Å². The van der Waals surface area contributed by atoms with Crippen molar-refractivity contribution in [3.63, 3.8) is 0 Å². The molecule has 274 valence electrons. The Hall–Kier alpha value is -7.24. The molecule has 0 radical (unpaired) electrons. The van der Waals surface area contributed by atoms with Gasteiger partial charge in [-0.05, 0) is 76.7 Å². The molecular formula is C52H41N4O+. The number of ether oxygens (including phenoxy) is 1. The summed E-state index contributed by atoms with van der Waals surface area (Å²) < 4.78 is 39.7. The maximum atomic E-state index is 9.31. The van der Waals surface area contributed by atoms with Crippen molar-refractivity contribution in [2.24, 2.45) is 0 Å². The summed E-state index contributed by atoms with van der Waals surface area (Å²) in [5, 5.41) is 1.97. The van der Waals surface area contributed by atoms with Crippen molar-refractivity contribution in [1.82, 2.24) is 14.1 Å². The first kappa shape index (κ1) is 31.0. The molecule has 5 nitrogen and oxygen atoms in total. The van der Waals surface area contributed by atoms with E-state index >= 15 is 0 Å². The van der Waals surface area contributed by atoms with Gasteiger partial charge in [0.05, 0.1) is 15.1 Å². The van der Waals surface area contributed by atoms with Crippen LogP contribution < -0.4 is 9.30 Å². The third-order valence-corrected chi connectivity index (χ3v) is 10.6. The molecule has 7 aromatic carbocycles. The van der Waals surface area contributed by atoms with Crippen LogP contribution in [0.4, 0.5) is 0 Å². The molecule has 3 aromatic heterocycles. The normalized spacial score (nSPS) is 12.5. The molecule has 0 unspecified atom stereocenters. The summed E-state index contributed by atoms with van der Waals surface area (Å²) in [5.74, 6) is 1.60. The number of para-hydroxylation sites is 4. The van der Waals surface area contributed by atoms with Crippen molar-refractivity contribution in [2.75, 3.05) is 0 Å². The number of rotatable bonds is 7. The van der Waals surface area contributed by atoms with Crippen molar-refractivity contribution in [3.8, 4) is 50.9 Å². The van der Waals surface area contributed by atoms with E-state index < -0.39 is 5.41 Å². The van der Waals surface area contributed by atoms with E-state index in [1.54, 1.807) is 0 Å². The number of hydrogen-bond donors (Lipinski definition) is 0. The lowest BCUT2D eigenvalue weighted by Gasteiger charge is -2.20. The first-order chi connectivity index (χ1) is 29.2. The van der Waals surface area contributed by atoms with E-state index in [2.05, 4.69) is 142 Å². The van der Waals surface area contributed by atoms with E-state index in [-0.39, 0.29) is 18.3 Å².